The van der Waals surface area contributed by atoms with E-state index in [-0.39, 0.29) is 5.91 Å². The van der Waals surface area contributed by atoms with Crippen molar-refractivity contribution in [3.05, 3.63) is 28.7 Å². The Bertz CT molecular complexity index is 701. The van der Waals surface area contributed by atoms with Crippen LogP contribution in [0.4, 0.5) is 0 Å². The van der Waals surface area contributed by atoms with Crippen LogP contribution in [0.2, 0.25) is 0 Å². The lowest BCUT2D eigenvalue weighted by Gasteiger charge is -2.14. The molecule has 23 heavy (non-hydrogen) atoms. The smallest absolute Gasteiger partial charge is 0.344 e. The molecule has 1 heterocycles. The van der Waals surface area contributed by atoms with E-state index in [9.17, 15) is 9.59 Å². The second-order valence-electron chi connectivity index (χ2n) is 4.75. The van der Waals surface area contributed by atoms with Crippen LogP contribution in [-0.4, -0.2) is 46.5 Å². The van der Waals surface area contributed by atoms with Crippen molar-refractivity contribution in [1.82, 2.24) is 4.90 Å². The maximum absolute atomic E-state index is 12.0. The first-order valence-electron chi connectivity index (χ1n) is 6.62. The zero-order valence-electron chi connectivity index (χ0n) is 12.7. The number of thiocarbonyl (C=S) groups is 1. The Morgan fingerprint density at radius 3 is 2.65 bits per heavy atom. The fourth-order valence-electron chi connectivity index (χ4n) is 1.81. The molecule has 0 aliphatic carbocycles. The first kappa shape index (κ1) is 17.3. The van der Waals surface area contributed by atoms with Crippen molar-refractivity contribution in [3.63, 3.8) is 0 Å². The number of ether oxygens (including phenoxy) is 2. The van der Waals surface area contributed by atoms with E-state index in [4.69, 9.17) is 26.8 Å². The molecule has 1 amide bonds. The van der Waals surface area contributed by atoms with Gasteiger partial charge in [0, 0.05) is 7.05 Å². The minimum absolute atomic E-state index is 0.154. The molecule has 122 valence electrons. The molecule has 0 bridgehead atoms. The third kappa shape index (κ3) is 3.83. The Morgan fingerprint density at radius 1 is 1.43 bits per heavy atom. The van der Waals surface area contributed by atoms with Crippen LogP contribution in [0.15, 0.2) is 23.1 Å². The van der Waals surface area contributed by atoms with Gasteiger partial charge in [-0.05, 0) is 30.7 Å². The van der Waals surface area contributed by atoms with Crippen LogP contribution >= 0.6 is 24.0 Å². The van der Waals surface area contributed by atoms with E-state index in [1.165, 1.54) is 30.7 Å². The molecule has 1 N–H and O–H groups in total. The number of carbonyl (C=O) groups excluding carboxylic acids is 1. The summed E-state index contributed by atoms with van der Waals surface area (Å²) in [5.41, 5.74) is 0.728. The van der Waals surface area contributed by atoms with Crippen LogP contribution in [0.3, 0.4) is 0 Å². The number of hydrogen-bond donors (Lipinski definition) is 1. The SMILES string of the molecule is COc1cc(/C=C2/SC(=S)N(C)C2=O)ccc1OC(C)C(=O)O. The van der Waals surface area contributed by atoms with E-state index in [0.29, 0.717) is 20.7 Å². The third-order valence-corrected chi connectivity index (χ3v) is 4.61. The molecule has 1 aromatic rings. The Labute approximate surface area is 143 Å². The van der Waals surface area contributed by atoms with Crippen LogP contribution in [0.25, 0.3) is 6.08 Å². The Hall–Kier alpha value is -2.06. The standard InChI is InChI=1S/C15H15NO5S2/c1-8(14(18)19)21-10-5-4-9(6-11(10)20-3)7-12-13(17)16(2)15(22)23-12/h4-8H,1-3H3,(H,18,19)/b12-7+. The zero-order valence-corrected chi connectivity index (χ0v) is 14.4. The van der Waals surface area contributed by atoms with Gasteiger partial charge in [0.05, 0.1) is 12.0 Å². The summed E-state index contributed by atoms with van der Waals surface area (Å²) in [4.78, 5) is 24.8. The average Bonchev–Trinajstić information content (AvgIpc) is 2.75. The number of carboxylic acid groups (broad SMARTS) is 1. The van der Waals surface area contributed by atoms with Gasteiger partial charge in [-0.25, -0.2) is 4.79 Å². The van der Waals surface area contributed by atoms with Gasteiger partial charge in [-0.15, -0.1) is 0 Å². The normalized spacial score (nSPS) is 17.5. The molecular formula is C15H15NO5S2. The predicted molar refractivity (Wildman–Crippen MR) is 91.7 cm³/mol. The molecule has 1 aliphatic rings. The molecule has 1 saturated heterocycles. The number of carboxylic acids is 1. The zero-order chi connectivity index (χ0) is 17.1. The lowest BCUT2D eigenvalue weighted by Crippen LogP contribution is -2.23. The summed E-state index contributed by atoms with van der Waals surface area (Å²) in [5, 5.41) is 8.90. The summed E-state index contributed by atoms with van der Waals surface area (Å²) in [6, 6.07) is 5.00. The fourth-order valence-corrected chi connectivity index (χ4v) is 2.99. The first-order chi connectivity index (χ1) is 10.8. The molecule has 0 aromatic heterocycles. The van der Waals surface area contributed by atoms with E-state index >= 15 is 0 Å². The van der Waals surface area contributed by atoms with Gasteiger partial charge in [0.25, 0.3) is 5.91 Å². The highest BCUT2D eigenvalue weighted by Crippen LogP contribution is 2.34. The molecule has 1 atom stereocenters. The number of carbonyl (C=O) groups is 2. The van der Waals surface area contributed by atoms with Crippen molar-refractivity contribution in [1.29, 1.82) is 0 Å². The highest BCUT2D eigenvalue weighted by Gasteiger charge is 2.28. The molecule has 1 aliphatic heterocycles. The monoisotopic (exact) mass is 353 g/mol. The van der Waals surface area contributed by atoms with Gasteiger partial charge in [0.15, 0.2) is 17.6 Å². The number of benzene rings is 1. The van der Waals surface area contributed by atoms with Crippen LogP contribution < -0.4 is 9.47 Å². The number of likely N-dealkylation sites (N-methyl/N-ethyl adjacent to an activating group) is 1. The summed E-state index contributed by atoms with van der Waals surface area (Å²) in [6.07, 6.45) is 0.710. The molecule has 0 saturated carbocycles. The molecule has 8 heteroatoms. The second kappa shape index (κ2) is 7.01. The number of methoxy groups -OCH3 is 1. The van der Waals surface area contributed by atoms with E-state index in [1.54, 1.807) is 31.3 Å². The Kier molecular flexibility index (Phi) is 5.27. The number of thioether (sulfide) groups is 1. The molecule has 2 rings (SSSR count). The molecule has 1 fully saturated rings. The highest BCUT2D eigenvalue weighted by atomic mass is 32.2. The quantitative estimate of drug-likeness (QED) is 0.643. The minimum atomic E-state index is -1.07. The summed E-state index contributed by atoms with van der Waals surface area (Å²) in [5.74, 6) is -0.511. The maximum Gasteiger partial charge on any atom is 0.344 e. The number of amides is 1. The van der Waals surface area contributed by atoms with Gasteiger partial charge in [-0.2, -0.15) is 0 Å². The van der Waals surface area contributed by atoms with Crippen molar-refractivity contribution in [3.8, 4) is 11.5 Å². The van der Waals surface area contributed by atoms with Crippen LogP contribution in [0.1, 0.15) is 12.5 Å². The van der Waals surface area contributed by atoms with Gasteiger partial charge in [0.1, 0.15) is 4.32 Å². The number of nitrogens with zero attached hydrogens (tertiary/aromatic N) is 1. The average molecular weight is 353 g/mol. The largest absolute Gasteiger partial charge is 0.493 e. The molecule has 6 nitrogen and oxygen atoms in total. The predicted octanol–water partition coefficient (Wildman–Crippen LogP) is 2.38. The summed E-state index contributed by atoms with van der Waals surface area (Å²) in [6.45, 7) is 1.43. The van der Waals surface area contributed by atoms with Crippen LogP contribution in [0.5, 0.6) is 11.5 Å². The lowest BCUT2D eigenvalue weighted by atomic mass is 10.2. The maximum atomic E-state index is 12.0. The van der Waals surface area contributed by atoms with E-state index in [1.807, 2.05) is 0 Å². The van der Waals surface area contributed by atoms with Gasteiger partial charge in [0.2, 0.25) is 0 Å². The molecule has 0 radical (unpaired) electrons. The summed E-state index contributed by atoms with van der Waals surface area (Å²) < 4.78 is 11.1. The highest BCUT2D eigenvalue weighted by molar-refractivity contribution is 8.26. The summed E-state index contributed by atoms with van der Waals surface area (Å²) in [7, 11) is 3.09. The molecular weight excluding hydrogens is 338 g/mol. The van der Waals surface area contributed by atoms with E-state index < -0.39 is 12.1 Å². The Morgan fingerprint density at radius 2 is 2.13 bits per heavy atom. The van der Waals surface area contributed by atoms with Crippen molar-refractivity contribution in [2.75, 3.05) is 14.2 Å². The molecule has 1 aromatic carbocycles. The van der Waals surface area contributed by atoms with Gasteiger partial charge >= 0.3 is 5.97 Å². The first-order valence-corrected chi connectivity index (χ1v) is 7.85. The number of rotatable bonds is 5. The van der Waals surface area contributed by atoms with Gasteiger partial charge in [-0.1, -0.05) is 30.0 Å². The third-order valence-electron chi connectivity index (χ3n) is 3.12. The topological polar surface area (TPSA) is 76.1 Å². The number of aliphatic carboxylic acids is 1. The van der Waals surface area contributed by atoms with Gasteiger partial charge < -0.3 is 14.6 Å². The second-order valence-corrected chi connectivity index (χ2v) is 6.43. The van der Waals surface area contributed by atoms with Crippen molar-refractivity contribution >= 4 is 46.3 Å². The summed E-state index contributed by atoms with van der Waals surface area (Å²) >= 11 is 6.31. The van der Waals surface area contributed by atoms with Crippen LogP contribution in [0, 0.1) is 0 Å². The van der Waals surface area contributed by atoms with Gasteiger partial charge in [-0.3, -0.25) is 9.69 Å². The number of hydrogen-bond acceptors (Lipinski definition) is 6. The molecule has 1 unspecified atom stereocenters. The Balaban J connectivity index is 2.27. The lowest BCUT2D eigenvalue weighted by molar-refractivity contribution is -0.144. The van der Waals surface area contributed by atoms with E-state index in [0.717, 1.165) is 5.56 Å². The fraction of sp³-hybridized carbons (Fsp3) is 0.267. The van der Waals surface area contributed by atoms with Crippen molar-refractivity contribution in [2.24, 2.45) is 0 Å². The molecule has 0 spiro atoms. The van der Waals surface area contributed by atoms with E-state index in [2.05, 4.69) is 0 Å². The minimum Gasteiger partial charge on any atom is -0.493 e. The van der Waals surface area contributed by atoms with Crippen molar-refractivity contribution in [2.45, 2.75) is 13.0 Å². The van der Waals surface area contributed by atoms with Crippen LogP contribution in [-0.2, 0) is 9.59 Å². The van der Waals surface area contributed by atoms with Crippen molar-refractivity contribution < 1.29 is 24.2 Å².